The molecular weight excluding hydrogens is 150 g/mol. The summed E-state index contributed by atoms with van der Waals surface area (Å²) in [5.41, 5.74) is 0.638. The minimum Gasteiger partial charge on any atom is -0.385 e. The predicted molar refractivity (Wildman–Crippen MR) is 49.2 cm³/mol. The molecule has 0 radical (unpaired) electrons. The average molecular weight is 169 g/mol. The second-order valence-electron chi connectivity index (χ2n) is 4.40. The Morgan fingerprint density at radius 2 is 2.17 bits per heavy atom. The van der Waals surface area contributed by atoms with Gasteiger partial charge < -0.3 is 10.1 Å². The van der Waals surface area contributed by atoms with Gasteiger partial charge in [-0.15, -0.1) is 0 Å². The average Bonchev–Trinajstić information content (AvgIpc) is 2.95. The zero-order valence-corrected chi connectivity index (χ0v) is 7.94. The van der Waals surface area contributed by atoms with Crippen LogP contribution in [0.1, 0.15) is 32.1 Å². The van der Waals surface area contributed by atoms with Crippen molar-refractivity contribution in [1.82, 2.24) is 5.32 Å². The molecular formula is C10H19NO. The topological polar surface area (TPSA) is 21.3 Å². The van der Waals surface area contributed by atoms with Crippen molar-refractivity contribution in [2.24, 2.45) is 5.41 Å². The van der Waals surface area contributed by atoms with Crippen LogP contribution in [-0.4, -0.2) is 26.3 Å². The van der Waals surface area contributed by atoms with Gasteiger partial charge in [-0.05, 0) is 37.5 Å². The maximum atomic E-state index is 5.11. The number of hydrogen-bond acceptors (Lipinski definition) is 2. The molecule has 0 amide bonds. The van der Waals surface area contributed by atoms with E-state index in [2.05, 4.69) is 5.32 Å². The van der Waals surface area contributed by atoms with E-state index in [4.69, 9.17) is 4.74 Å². The molecule has 0 aromatic carbocycles. The highest BCUT2D eigenvalue weighted by Crippen LogP contribution is 2.48. The lowest BCUT2D eigenvalue weighted by atomic mass is 10.0. The Morgan fingerprint density at radius 3 is 2.67 bits per heavy atom. The van der Waals surface area contributed by atoms with Crippen LogP contribution in [0.4, 0.5) is 0 Å². The number of ether oxygens (including phenoxy) is 1. The van der Waals surface area contributed by atoms with Gasteiger partial charge in [0.05, 0.1) is 0 Å². The fourth-order valence-corrected chi connectivity index (χ4v) is 1.66. The maximum absolute atomic E-state index is 5.11. The fourth-order valence-electron chi connectivity index (χ4n) is 1.66. The Hall–Kier alpha value is -0.0800. The van der Waals surface area contributed by atoms with E-state index in [0.29, 0.717) is 5.41 Å². The predicted octanol–water partition coefficient (Wildman–Crippen LogP) is 1.56. The van der Waals surface area contributed by atoms with Crippen LogP contribution in [-0.2, 0) is 4.74 Å². The van der Waals surface area contributed by atoms with Gasteiger partial charge in [0.25, 0.3) is 0 Å². The third-order valence-electron chi connectivity index (χ3n) is 3.14. The fraction of sp³-hybridized carbons (Fsp3) is 1.00. The van der Waals surface area contributed by atoms with Gasteiger partial charge in [-0.3, -0.25) is 0 Å². The summed E-state index contributed by atoms with van der Waals surface area (Å²) >= 11 is 0. The summed E-state index contributed by atoms with van der Waals surface area (Å²) in [6, 6.07) is 0.866. The molecule has 2 saturated carbocycles. The molecule has 0 aliphatic heterocycles. The SMILES string of the molecule is COCCC1(CNC2CC2)CC1. The molecule has 12 heavy (non-hydrogen) atoms. The van der Waals surface area contributed by atoms with Crippen LogP contribution in [0.25, 0.3) is 0 Å². The van der Waals surface area contributed by atoms with Crippen molar-refractivity contribution in [3.05, 3.63) is 0 Å². The van der Waals surface area contributed by atoms with Crippen LogP contribution in [0.2, 0.25) is 0 Å². The van der Waals surface area contributed by atoms with E-state index in [-0.39, 0.29) is 0 Å². The molecule has 2 heteroatoms. The first kappa shape index (κ1) is 8.52. The van der Waals surface area contributed by atoms with Crippen molar-refractivity contribution in [2.45, 2.75) is 38.1 Å². The van der Waals surface area contributed by atoms with Crippen LogP contribution in [0, 0.1) is 5.41 Å². The van der Waals surface area contributed by atoms with Gasteiger partial charge in [0.15, 0.2) is 0 Å². The first-order chi connectivity index (χ1) is 5.85. The first-order valence-corrected chi connectivity index (χ1v) is 5.07. The zero-order valence-electron chi connectivity index (χ0n) is 7.94. The molecule has 70 valence electrons. The molecule has 0 saturated heterocycles. The summed E-state index contributed by atoms with van der Waals surface area (Å²) in [6.45, 7) is 2.17. The van der Waals surface area contributed by atoms with E-state index in [1.165, 1.54) is 38.6 Å². The normalized spacial score (nSPS) is 25.8. The van der Waals surface area contributed by atoms with Gasteiger partial charge in [-0.2, -0.15) is 0 Å². The summed E-state index contributed by atoms with van der Waals surface area (Å²) in [7, 11) is 1.80. The van der Waals surface area contributed by atoms with Gasteiger partial charge in [-0.25, -0.2) is 0 Å². The van der Waals surface area contributed by atoms with Gasteiger partial charge in [0, 0.05) is 26.3 Å². The highest BCUT2D eigenvalue weighted by Gasteiger charge is 2.42. The number of hydrogen-bond donors (Lipinski definition) is 1. The minimum atomic E-state index is 0.638. The van der Waals surface area contributed by atoms with Gasteiger partial charge in [0.1, 0.15) is 0 Å². The molecule has 0 spiro atoms. The Balaban J connectivity index is 1.62. The summed E-state index contributed by atoms with van der Waals surface area (Å²) in [5, 5.41) is 3.61. The smallest absolute Gasteiger partial charge is 0.0468 e. The maximum Gasteiger partial charge on any atom is 0.0468 e. The standard InChI is InChI=1S/C10H19NO/c1-12-7-6-10(4-5-10)8-11-9-2-3-9/h9,11H,2-8H2,1H3. The summed E-state index contributed by atoms with van der Waals surface area (Å²) in [4.78, 5) is 0. The monoisotopic (exact) mass is 169 g/mol. The summed E-state index contributed by atoms with van der Waals surface area (Å²) in [5.74, 6) is 0. The van der Waals surface area contributed by atoms with Crippen molar-refractivity contribution < 1.29 is 4.74 Å². The highest BCUT2D eigenvalue weighted by atomic mass is 16.5. The van der Waals surface area contributed by atoms with Gasteiger partial charge in [-0.1, -0.05) is 0 Å². The van der Waals surface area contributed by atoms with E-state index in [9.17, 15) is 0 Å². The molecule has 2 nitrogen and oxygen atoms in total. The molecule has 2 aliphatic rings. The zero-order chi connectivity index (χ0) is 8.44. The third-order valence-corrected chi connectivity index (χ3v) is 3.14. The molecule has 2 aliphatic carbocycles. The summed E-state index contributed by atoms with van der Waals surface area (Å²) < 4.78 is 5.11. The number of nitrogens with one attached hydrogen (secondary N) is 1. The summed E-state index contributed by atoms with van der Waals surface area (Å²) in [6.07, 6.45) is 6.89. The van der Waals surface area contributed by atoms with Crippen molar-refractivity contribution in [3.63, 3.8) is 0 Å². The first-order valence-electron chi connectivity index (χ1n) is 5.07. The van der Waals surface area contributed by atoms with E-state index in [1.807, 2.05) is 0 Å². The van der Waals surface area contributed by atoms with Crippen LogP contribution >= 0.6 is 0 Å². The molecule has 0 aromatic heterocycles. The highest BCUT2D eigenvalue weighted by molar-refractivity contribution is 4.96. The molecule has 0 bridgehead atoms. The Labute approximate surface area is 74.7 Å². The van der Waals surface area contributed by atoms with Gasteiger partial charge in [0.2, 0.25) is 0 Å². The molecule has 0 unspecified atom stereocenters. The van der Waals surface area contributed by atoms with Crippen LogP contribution in [0.5, 0.6) is 0 Å². The van der Waals surface area contributed by atoms with Crippen molar-refractivity contribution in [1.29, 1.82) is 0 Å². The van der Waals surface area contributed by atoms with E-state index in [1.54, 1.807) is 7.11 Å². The van der Waals surface area contributed by atoms with Crippen LogP contribution in [0.15, 0.2) is 0 Å². The van der Waals surface area contributed by atoms with Crippen LogP contribution in [0.3, 0.4) is 0 Å². The molecule has 0 atom stereocenters. The lowest BCUT2D eigenvalue weighted by Gasteiger charge is -2.14. The largest absolute Gasteiger partial charge is 0.385 e. The Kier molecular flexibility index (Phi) is 2.37. The molecule has 1 N–H and O–H groups in total. The van der Waals surface area contributed by atoms with Gasteiger partial charge >= 0.3 is 0 Å². The minimum absolute atomic E-state index is 0.638. The Morgan fingerprint density at radius 1 is 1.42 bits per heavy atom. The van der Waals surface area contributed by atoms with Crippen molar-refractivity contribution in [2.75, 3.05) is 20.3 Å². The van der Waals surface area contributed by atoms with Crippen LogP contribution < -0.4 is 5.32 Å². The van der Waals surface area contributed by atoms with E-state index in [0.717, 1.165) is 12.6 Å². The van der Waals surface area contributed by atoms with Crippen molar-refractivity contribution in [3.8, 4) is 0 Å². The Bertz CT molecular complexity index is 150. The van der Waals surface area contributed by atoms with E-state index < -0.39 is 0 Å². The molecule has 0 aromatic rings. The lowest BCUT2D eigenvalue weighted by molar-refractivity contribution is 0.171. The molecule has 0 heterocycles. The second kappa shape index (κ2) is 3.35. The van der Waals surface area contributed by atoms with E-state index >= 15 is 0 Å². The molecule has 2 fully saturated rings. The lowest BCUT2D eigenvalue weighted by Crippen LogP contribution is -2.26. The second-order valence-corrected chi connectivity index (χ2v) is 4.40. The third kappa shape index (κ3) is 2.20. The number of methoxy groups -OCH3 is 1. The quantitative estimate of drug-likeness (QED) is 0.651. The number of rotatable bonds is 6. The van der Waals surface area contributed by atoms with Crippen molar-refractivity contribution >= 4 is 0 Å². The molecule has 2 rings (SSSR count).